The van der Waals surface area contributed by atoms with Gasteiger partial charge in [0.1, 0.15) is 5.16 Å². The number of allylic oxidation sites excluding steroid dienone is 4. The Morgan fingerprint density at radius 2 is 1.84 bits per heavy atom. The highest BCUT2D eigenvalue weighted by Crippen LogP contribution is 2.18. The highest BCUT2D eigenvalue weighted by molar-refractivity contribution is 6.29. The van der Waals surface area contributed by atoms with Crippen LogP contribution in [-0.2, 0) is 11.8 Å². The van der Waals surface area contributed by atoms with Crippen LogP contribution >= 0.6 is 11.6 Å². The number of aliphatic hydroxyl groups is 1. The molecule has 0 bridgehead atoms. The molecule has 0 unspecified atom stereocenters. The molecule has 128 valence electrons. The van der Waals surface area contributed by atoms with Crippen molar-refractivity contribution in [3.63, 3.8) is 0 Å². The van der Waals surface area contributed by atoms with E-state index in [-0.39, 0.29) is 16.2 Å². The van der Waals surface area contributed by atoms with Crippen LogP contribution in [0.25, 0.3) is 11.1 Å². The Labute approximate surface area is 144 Å². The molecule has 0 amide bonds. The largest absolute Gasteiger partial charge is 0.504 e. The molecule has 2 heterocycles. The van der Waals surface area contributed by atoms with Crippen molar-refractivity contribution in [2.24, 2.45) is 7.05 Å². The van der Waals surface area contributed by atoms with Gasteiger partial charge < -0.3 is 9.67 Å². The van der Waals surface area contributed by atoms with E-state index in [1.807, 2.05) is 0 Å². The third-order valence-electron chi connectivity index (χ3n) is 3.53. The Balaban J connectivity index is 2.26. The Kier molecular flexibility index (Phi) is 3.99. The number of nitro groups is 1. The zero-order chi connectivity index (χ0) is 18.3. The fraction of sp³-hybridized carbons (Fsp3) is 0.0714. The lowest BCUT2D eigenvalue weighted by atomic mass is 10.1. The van der Waals surface area contributed by atoms with E-state index in [4.69, 9.17) is 11.6 Å². The number of aromatic nitrogens is 3. The maximum Gasteiger partial charge on any atom is 0.320 e. The lowest BCUT2D eigenvalue weighted by Gasteiger charge is -2.14. The first-order valence-corrected chi connectivity index (χ1v) is 7.16. The zero-order valence-electron chi connectivity index (χ0n) is 12.6. The number of carbonyl (C=O) groups is 1. The van der Waals surface area contributed by atoms with Crippen LogP contribution in [0.2, 0.25) is 0 Å². The first-order chi connectivity index (χ1) is 11.8. The number of nitrogens with zero attached hydrogens (tertiary/aromatic N) is 5. The molecular weight excluding hydrogens is 354 g/mol. The van der Waals surface area contributed by atoms with Crippen LogP contribution in [0.1, 0.15) is 0 Å². The smallest absolute Gasteiger partial charge is 0.320 e. The number of hydrogen-bond acceptors (Lipinski definition) is 8. The molecule has 1 aliphatic carbocycles. The molecule has 3 rings (SSSR count). The van der Waals surface area contributed by atoms with Crippen molar-refractivity contribution in [3.05, 3.63) is 68.2 Å². The molecule has 25 heavy (non-hydrogen) atoms. The van der Waals surface area contributed by atoms with Crippen LogP contribution in [0.4, 0.5) is 0 Å². The van der Waals surface area contributed by atoms with E-state index in [1.54, 1.807) is 13.1 Å². The summed E-state index contributed by atoms with van der Waals surface area (Å²) in [5.41, 5.74) is 0.500. The van der Waals surface area contributed by atoms with Crippen LogP contribution in [0, 0.1) is 10.1 Å². The number of hydrogen-bond donors (Lipinski definition) is 2. The summed E-state index contributed by atoms with van der Waals surface area (Å²) in [6, 6.07) is 0. The highest BCUT2D eigenvalue weighted by atomic mass is 35.5. The zero-order valence-corrected chi connectivity index (χ0v) is 13.4. The number of Topliss-reactive ketones (excluding diaryl/α,β-unsaturated/α-hetero) is 1. The molecule has 0 saturated carbocycles. The van der Waals surface area contributed by atoms with Gasteiger partial charge in [0.15, 0.2) is 16.7 Å². The Morgan fingerprint density at radius 1 is 1.20 bits per heavy atom. The topological polar surface area (TPSA) is 135 Å². The molecule has 10 nitrogen and oxygen atoms in total. The average molecular weight is 364 g/mol. The summed E-state index contributed by atoms with van der Waals surface area (Å²) in [5, 5.41) is 38.7. The van der Waals surface area contributed by atoms with Crippen LogP contribution in [0.15, 0.2) is 47.1 Å². The summed E-state index contributed by atoms with van der Waals surface area (Å²) in [7, 11) is 1.60. The third-order valence-corrected chi connectivity index (χ3v) is 3.81. The maximum atomic E-state index is 11.6. The van der Waals surface area contributed by atoms with Gasteiger partial charge in [-0.25, -0.2) is 5.06 Å². The standard InChI is InChI=1S/C14H10ClN5O5/c1-18-13(7-2-3-19(23)11(15)6-7)16-17-14(18)8-4-9(20(24)25)12(22)10(21)5-8/h2-6,21,23H,1H3. The predicted octanol–water partition coefficient (Wildman–Crippen LogP) is -0.400. The van der Waals surface area contributed by atoms with E-state index < -0.39 is 22.2 Å². The van der Waals surface area contributed by atoms with Gasteiger partial charge in [-0.3, -0.25) is 20.1 Å². The Morgan fingerprint density at radius 3 is 2.44 bits per heavy atom. The molecule has 0 saturated heterocycles. The van der Waals surface area contributed by atoms with Crippen LogP contribution < -0.4 is 11.0 Å². The minimum atomic E-state index is -1.07. The van der Waals surface area contributed by atoms with Crippen molar-refractivity contribution < 1.29 is 20.0 Å². The SMILES string of the molecule is Cn1c(=C2C=CN(O)C(Cl)=C2)nnc1=C1C=C(O)C(=O)C([N+](=O)[O-])=C1. The first-order valence-electron chi connectivity index (χ1n) is 6.78. The average Bonchev–Trinajstić information content (AvgIpc) is 2.94. The van der Waals surface area contributed by atoms with Gasteiger partial charge >= 0.3 is 5.70 Å². The summed E-state index contributed by atoms with van der Waals surface area (Å²) in [5.74, 6) is -1.82. The second kappa shape index (κ2) is 6.00. The molecular formula is C14H10ClN5O5. The molecule has 1 aromatic rings. The predicted molar refractivity (Wildman–Crippen MR) is 84.6 cm³/mol. The number of ketones is 1. The van der Waals surface area contributed by atoms with Gasteiger partial charge in [-0.1, -0.05) is 11.6 Å². The van der Waals surface area contributed by atoms with Gasteiger partial charge in [0.2, 0.25) is 0 Å². The quantitative estimate of drug-likeness (QED) is 0.391. The molecule has 0 radical (unpaired) electrons. The van der Waals surface area contributed by atoms with Crippen molar-refractivity contribution in [3.8, 4) is 0 Å². The minimum absolute atomic E-state index is 0.0473. The number of carbonyl (C=O) groups excluding carboxylic acids is 1. The van der Waals surface area contributed by atoms with Gasteiger partial charge in [-0.2, -0.15) is 0 Å². The Hall–Kier alpha value is -3.24. The molecule has 2 N–H and O–H groups in total. The van der Waals surface area contributed by atoms with Crippen molar-refractivity contribution in [2.45, 2.75) is 0 Å². The molecule has 0 atom stereocenters. The van der Waals surface area contributed by atoms with Gasteiger partial charge in [0.05, 0.1) is 4.92 Å². The second-order valence-electron chi connectivity index (χ2n) is 5.09. The summed E-state index contributed by atoms with van der Waals surface area (Å²) in [4.78, 5) is 21.7. The lowest BCUT2D eigenvalue weighted by molar-refractivity contribution is -0.418. The summed E-state index contributed by atoms with van der Waals surface area (Å²) >= 11 is 5.85. The van der Waals surface area contributed by atoms with Gasteiger partial charge in [0.25, 0.3) is 5.78 Å². The van der Waals surface area contributed by atoms with Gasteiger partial charge in [0, 0.05) is 30.5 Å². The molecule has 1 aliphatic heterocycles. The summed E-state index contributed by atoms with van der Waals surface area (Å²) in [6.45, 7) is 0. The highest BCUT2D eigenvalue weighted by Gasteiger charge is 2.30. The monoisotopic (exact) mass is 363 g/mol. The molecule has 1 aromatic heterocycles. The van der Waals surface area contributed by atoms with Crippen LogP contribution in [0.3, 0.4) is 0 Å². The number of aliphatic hydroxyl groups excluding tert-OH is 1. The van der Waals surface area contributed by atoms with Crippen molar-refractivity contribution in [1.82, 2.24) is 19.8 Å². The van der Waals surface area contributed by atoms with Crippen LogP contribution in [-0.4, -0.2) is 40.8 Å². The molecule has 0 aromatic carbocycles. The maximum absolute atomic E-state index is 11.6. The van der Waals surface area contributed by atoms with E-state index in [9.17, 15) is 25.2 Å². The normalized spacial score (nSPS) is 21.8. The van der Waals surface area contributed by atoms with Gasteiger partial charge in [-0.15, -0.1) is 10.2 Å². The summed E-state index contributed by atoms with van der Waals surface area (Å²) in [6.07, 6.45) is 6.42. The Bertz CT molecular complexity index is 1050. The number of halogens is 1. The number of hydroxylamine groups is 2. The van der Waals surface area contributed by atoms with Crippen molar-refractivity contribution in [2.75, 3.05) is 0 Å². The third kappa shape index (κ3) is 2.84. The second-order valence-corrected chi connectivity index (χ2v) is 5.48. The van der Waals surface area contributed by atoms with Crippen molar-refractivity contribution >= 4 is 28.5 Å². The fourth-order valence-electron chi connectivity index (χ4n) is 2.30. The van der Waals surface area contributed by atoms with E-state index in [0.717, 1.165) is 17.2 Å². The first kappa shape index (κ1) is 16.6. The molecule has 2 aliphatic rings. The van der Waals surface area contributed by atoms with E-state index in [2.05, 4.69) is 10.2 Å². The van der Waals surface area contributed by atoms with E-state index in [0.29, 0.717) is 11.1 Å². The van der Waals surface area contributed by atoms with Crippen molar-refractivity contribution in [1.29, 1.82) is 0 Å². The minimum Gasteiger partial charge on any atom is -0.504 e. The van der Waals surface area contributed by atoms with Gasteiger partial charge in [-0.05, 0) is 18.2 Å². The van der Waals surface area contributed by atoms with E-state index in [1.165, 1.54) is 16.8 Å². The molecule has 11 heteroatoms. The lowest BCUT2D eigenvalue weighted by Crippen LogP contribution is -2.29. The van der Waals surface area contributed by atoms with E-state index >= 15 is 0 Å². The summed E-state index contributed by atoms with van der Waals surface area (Å²) < 4.78 is 1.51. The molecule has 0 fully saturated rings. The molecule has 0 spiro atoms. The number of rotatable bonds is 1. The fourth-order valence-corrected chi connectivity index (χ4v) is 2.47. The van der Waals surface area contributed by atoms with Crippen LogP contribution in [0.5, 0.6) is 0 Å².